The lowest BCUT2D eigenvalue weighted by Gasteiger charge is -2.32. The van der Waals surface area contributed by atoms with Crippen molar-refractivity contribution in [1.82, 2.24) is 10.2 Å². The fourth-order valence-electron chi connectivity index (χ4n) is 3.97. The summed E-state index contributed by atoms with van der Waals surface area (Å²) >= 11 is 5.98. The largest absolute Gasteiger partial charge is 0.355 e. The number of nitrogens with zero attached hydrogens (tertiary/aromatic N) is 2. The van der Waals surface area contributed by atoms with Gasteiger partial charge in [-0.15, -0.1) is 0 Å². The zero-order valence-electron chi connectivity index (χ0n) is 21.4. The van der Waals surface area contributed by atoms with E-state index in [9.17, 15) is 18.0 Å². The number of halogens is 1. The van der Waals surface area contributed by atoms with Gasteiger partial charge >= 0.3 is 0 Å². The lowest BCUT2D eigenvalue weighted by Crippen LogP contribution is -2.51. The zero-order chi connectivity index (χ0) is 27.2. The van der Waals surface area contributed by atoms with E-state index in [2.05, 4.69) is 5.32 Å². The van der Waals surface area contributed by atoms with Crippen molar-refractivity contribution in [2.75, 3.05) is 17.4 Å². The second kappa shape index (κ2) is 12.3. The molecule has 3 aromatic carbocycles. The maximum atomic E-state index is 13.9. The zero-order valence-corrected chi connectivity index (χ0v) is 23.0. The predicted molar refractivity (Wildman–Crippen MR) is 147 cm³/mol. The smallest absolute Gasteiger partial charge is 0.264 e. The van der Waals surface area contributed by atoms with Crippen LogP contribution < -0.4 is 9.62 Å². The lowest BCUT2D eigenvalue weighted by atomic mass is 10.1. The predicted octanol–water partition coefficient (Wildman–Crippen LogP) is 4.71. The van der Waals surface area contributed by atoms with E-state index in [4.69, 9.17) is 11.6 Å². The van der Waals surface area contributed by atoms with Gasteiger partial charge in [0.05, 0.1) is 10.6 Å². The number of carbonyl (C=O) groups is 2. The van der Waals surface area contributed by atoms with Gasteiger partial charge in [0.1, 0.15) is 12.6 Å². The Hall–Kier alpha value is -3.36. The highest BCUT2D eigenvalue weighted by atomic mass is 35.5. The van der Waals surface area contributed by atoms with Gasteiger partial charge in [0.25, 0.3) is 10.0 Å². The van der Waals surface area contributed by atoms with Crippen LogP contribution in [0, 0.1) is 13.8 Å². The number of aryl methyl sites for hydroxylation is 2. The van der Waals surface area contributed by atoms with Gasteiger partial charge in [0.2, 0.25) is 11.8 Å². The van der Waals surface area contributed by atoms with E-state index in [-0.39, 0.29) is 17.3 Å². The van der Waals surface area contributed by atoms with Gasteiger partial charge in [0.15, 0.2) is 0 Å². The van der Waals surface area contributed by atoms with Crippen LogP contribution in [0.15, 0.2) is 77.7 Å². The van der Waals surface area contributed by atoms with Gasteiger partial charge < -0.3 is 10.2 Å². The lowest BCUT2D eigenvalue weighted by molar-refractivity contribution is -0.139. The molecule has 0 fully saturated rings. The number of benzene rings is 3. The molecule has 0 aliphatic carbocycles. The van der Waals surface area contributed by atoms with Crippen molar-refractivity contribution in [1.29, 1.82) is 0 Å². The molecule has 0 aliphatic rings. The van der Waals surface area contributed by atoms with Crippen molar-refractivity contribution in [3.05, 3.63) is 94.5 Å². The minimum atomic E-state index is -4.13. The molecule has 196 valence electrons. The molecule has 1 atom stereocenters. The van der Waals surface area contributed by atoms with E-state index in [1.807, 2.05) is 31.2 Å². The van der Waals surface area contributed by atoms with Crippen molar-refractivity contribution >= 4 is 39.1 Å². The average molecular weight is 542 g/mol. The highest BCUT2D eigenvalue weighted by molar-refractivity contribution is 7.92. The second-order valence-electron chi connectivity index (χ2n) is 8.77. The summed E-state index contributed by atoms with van der Waals surface area (Å²) in [4.78, 5) is 28.1. The maximum absolute atomic E-state index is 13.9. The normalized spacial score (nSPS) is 12.0. The van der Waals surface area contributed by atoms with Crippen molar-refractivity contribution in [3.8, 4) is 0 Å². The Bertz CT molecular complexity index is 1360. The molecule has 0 bridgehead atoms. The van der Waals surface area contributed by atoms with Crippen LogP contribution in [-0.4, -0.2) is 44.3 Å². The van der Waals surface area contributed by atoms with Crippen LogP contribution in [-0.2, 0) is 26.2 Å². The molecule has 0 radical (unpaired) electrons. The fourth-order valence-corrected chi connectivity index (χ4v) is 5.57. The summed E-state index contributed by atoms with van der Waals surface area (Å²) in [6, 6.07) is 19.6. The molecule has 0 aromatic heterocycles. The SMILES string of the molecule is CCNC(=O)[C@@H](C)N(Cc1ccccc1C)C(=O)CN(c1ccccc1C)S(=O)(=O)c1ccc(Cl)cc1. The number of hydrogen-bond donors (Lipinski definition) is 1. The van der Waals surface area contributed by atoms with Gasteiger partial charge in [-0.2, -0.15) is 0 Å². The highest BCUT2D eigenvalue weighted by Gasteiger charge is 2.33. The molecule has 2 amide bonds. The van der Waals surface area contributed by atoms with Crippen LogP contribution in [0.2, 0.25) is 5.02 Å². The molecule has 7 nitrogen and oxygen atoms in total. The van der Waals surface area contributed by atoms with E-state index in [0.29, 0.717) is 22.8 Å². The first kappa shape index (κ1) is 28.2. The maximum Gasteiger partial charge on any atom is 0.264 e. The summed E-state index contributed by atoms with van der Waals surface area (Å²) in [6.45, 7) is 7.25. The van der Waals surface area contributed by atoms with Crippen LogP contribution in [0.25, 0.3) is 0 Å². The van der Waals surface area contributed by atoms with Crippen molar-refractivity contribution < 1.29 is 18.0 Å². The molecule has 1 N–H and O–H groups in total. The second-order valence-corrected chi connectivity index (χ2v) is 11.1. The van der Waals surface area contributed by atoms with Gasteiger partial charge in [0, 0.05) is 18.1 Å². The topological polar surface area (TPSA) is 86.8 Å². The van der Waals surface area contributed by atoms with Crippen molar-refractivity contribution in [2.45, 2.75) is 45.2 Å². The van der Waals surface area contributed by atoms with Crippen LogP contribution in [0.3, 0.4) is 0 Å². The minimum absolute atomic E-state index is 0.00943. The summed E-state index contributed by atoms with van der Waals surface area (Å²) < 4.78 is 28.7. The highest BCUT2D eigenvalue weighted by Crippen LogP contribution is 2.28. The molecule has 0 unspecified atom stereocenters. The molecular formula is C28H32ClN3O4S. The first-order chi connectivity index (χ1) is 17.6. The first-order valence-corrected chi connectivity index (χ1v) is 13.8. The van der Waals surface area contributed by atoms with Gasteiger partial charge in [-0.1, -0.05) is 54.1 Å². The fraction of sp³-hybridized carbons (Fsp3) is 0.286. The number of para-hydroxylation sites is 1. The summed E-state index contributed by atoms with van der Waals surface area (Å²) in [6.07, 6.45) is 0. The molecule has 0 spiro atoms. The van der Waals surface area contributed by atoms with Crippen molar-refractivity contribution in [2.24, 2.45) is 0 Å². The third-order valence-electron chi connectivity index (χ3n) is 6.18. The van der Waals surface area contributed by atoms with E-state index < -0.39 is 28.5 Å². The molecule has 0 heterocycles. The molecule has 0 saturated heterocycles. The minimum Gasteiger partial charge on any atom is -0.355 e. The van der Waals surface area contributed by atoms with Gasteiger partial charge in [-0.25, -0.2) is 8.42 Å². The van der Waals surface area contributed by atoms with Gasteiger partial charge in [-0.3, -0.25) is 13.9 Å². The van der Waals surface area contributed by atoms with E-state index in [1.165, 1.54) is 29.2 Å². The van der Waals surface area contributed by atoms with Crippen LogP contribution in [0.1, 0.15) is 30.5 Å². The average Bonchev–Trinajstić information content (AvgIpc) is 2.87. The monoisotopic (exact) mass is 541 g/mol. The number of amides is 2. The van der Waals surface area contributed by atoms with Gasteiger partial charge in [-0.05, 0) is 74.7 Å². The quantitative estimate of drug-likeness (QED) is 0.403. The Labute approximate surface area is 224 Å². The summed E-state index contributed by atoms with van der Waals surface area (Å²) in [5.74, 6) is -0.810. The third kappa shape index (κ3) is 6.70. The van der Waals surface area contributed by atoms with Crippen LogP contribution in [0.5, 0.6) is 0 Å². The van der Waals surface area contributed by atoms with E-state index in [0.717, 1.165) is 15.4 Å². The molecule has 0 aliphatic heterocycles. The molecule has 3 aromatic rings. The third-order valence-corrected chi connectivity index (χ3v) is 8.21. The standard InChI is InChI=1S/C28H32ClN3O4S/c1-5-30-28(34)22(4)31(18-23-12-8-6-10-20(23)2)27(33)19-32(26-13-9-7-11-21(26)3)37(35,36)25-16-14-24(29)15-17-25/h6-17,22H,5,18-19H2,1-4H3,(H,30,34)/t22-/m1/s1. The number of likely N-dealkylation sites (N-methyl/N-ethyl adjacent to an activating group) is 1. The van der Waals surface area contributed by atoms with E-state index in [1.54, 1.807) is 45.0 Å². The Balaban J connectivity index is 2.05. The summed E-state index contributed by atoms with van der Waals surface area (Å²) in [5, 5.41) is 3.16. The molecule has 37 heavy (non-hydrogen) atoms. The molecule has 9 heteroatoms. The Morgan fingerprint density at radius 3 is 2.11 bits per heavy atom. The Morgan fingerprint density at radius 1 is 0.919 bits per heavy atom. The molecule has 3 rings (SSSR count). The Kier molecular flexibility index (Phi) is 9.34. The van der Waals surface area contributed by atoms with Crippen LogP contribution in [0.4, 0.5) is 5.69 Å². The number of anilines is 1. The van der Waals surface area contributed by atoms with E-state index >= 15 is 0 Å². The van der Waals surface area contributed by atoms with Crippen molar-refractivity contribution in [3.63, 3.8) is 0 Å². The molecule has 0 saturated carbocycles. The first-order valence-electron chi connectivity index (χ1n) is 12.0. The Morgan fingerprint density at radius 2 is 1.51 bits per heavy atom. The number of nitrogens with one attached hydrogen (secondary N) is 1. The number of sulfonamides is 1. The molecular weight excluding hydrogens is 510 g/mol. The summed E-state index contributed by atoms with van der Waals surface area (Å²) in [7, 11) is -4.13. The number of rotatable bonds is 10. The number of hydrogen-bond acceptors (Lipinski definition) is 4. The van der Waals surface area contributed by atoms with Crippen LogP contribution >= 0.6 is 11.6 Å². The number of carbonyl (C=O) groups excluding carboxylic acids is 2. The summed E-state index contributed by atoms with van der Waals surface area (Å²) in [5.41, 5.74) is 2.91.